The Labute approximate surface area is 76.1 Å². The summed E-state index contributed by atoms with van der Waals surface area (Å²) in [5, 5.41) is 0. The number of imide groups is 1. The van der Waals surface area contributed by atoms with E-state index in [9.17, 15) is 9.59 Å². The quantitative estimate of drug-likeness (QED) is 0.688. The summed E-state index contributed by atoms with van der Waals surface area (Å²) in [4.78, 5) is 23.1. The molecule has 1 aromatic rings. The van der Waals surface area contributed by atoms with E-state index in [1.54, 1.807) is 12.1 Å². The first-order chi connectivity index (χ1) is 6.11. The zero-order valence-electron chi connectivity index (χ0n) is 7.61. The predicted molar refractivity (Wildman–Crippen MR) is 45.6 cm³/mol. The van der Waals surface area contributed by atoms with Gasteiger partial charge in [-0.1, -0.05) is 0 Å². The van der Waals surface area contributed by atoms with E-state index < -0.39 is 0 Å². The Kier molecular flexibility index (Phi) is 2.84. The Morgan fingerprint density at radius 2 is 2.00 bits per heavy atom. The second-order valence-electron chi connectivity index (χ2n) is 2.70. The first-order valence-electron chi connectivity index (χ1n) is 3.92. The van der Waals surface area contributed by atoms with Crippen molar-refractivity contribution in [3.05, 3.63) is 24.2 Å². The van der Waals surface area contributed by atoms with Crippen molar-refractivity contribution in [2.24, 2.45) is 0 Å². The molecule has 0 aliphatic rings. The summed E-state index contributed by atoms with van der Waals surface area (Å²) in [5.74, 6) is 0.0539. The minimum absolute atomic E-state index is 0.206. The molecule has 4 nitrogen and oxygen atoms in total. The molecule has 0 aliphatic carbocycles. The van der Waals surface area contributed by atoms with Crippen LogP contribution in [0, 0.1) is 0 Å². The molecule has 0 spiro atoms. The number of amides is 2. The number of hydrogen-bond donors (Lipinski definition) is 0. The second kappa shape index (κ2) is 3.89. The van der Waals surface area contributed by atoms with Crippen molar-refractivity contribution in [3.8, 4) is 0 Å². The topological polar surface area (TPSA) is 50.5 Å². The molecule has 1 rings (SSSR count). The molecule has 0 radical (unpaired) electrons. The third kappa shape index (κ3) is 2.43. The lowest BCUT2D eigenvalue weighted by molar-refractivity contribution is -0.143. The first-order valence-corrected chi connectivity index (χ1v) is 3.92. The van der Waals surface area contributed by atoms with E-state index in [2.05, 4.69) is 0 Å². The van der Waals surface area contributed by atoms with Crippen LogP contribution < -0.4 is 0 Å². The number of nitrogens with zero attached hydrogens (tertiary/aromatic N) is 1. The van der Waals surface area contributed by atoms with E-state index in [0.29, 0.717) is 5.76 Å². The van der Waals surface area contributed by atoms with Gasteiger partial charge in [-0.2, -0.15) is 0 Å². The number of carbonyl (C=O) groups is 2. The van der Waals surface area contributed by atoms with Crippen molar-refractivity contribution in [3.63, 3.8) is 0 Å². The molecule has 0 N–H and O–H groups in total. The third-order valence-corrected chi connectivity index (χ3v) is 1.65. The van der Waals surface area contributed by atoms with Gasteiger partial charge >= 0.3 is 0 Å². The smallest absolute Gasteiger partial charge is 0.226 e. The van der Waals surface area contributed by atoms with Crippen LogP contribution in [-0.4, -0.2) is 16.7 Å². The maximum absolute atomic E-state index is 11.0. The highest BCUT2D eigenvalue weighted by atomic mass is 16.3. The summed E-state index contributed by atoms with van der Waals surface area (Å²) in [5.41, 5.74) is 0. The van der Waals surface area contributed by atoms with E-state index in [0.717, 1.165) is 4.90 Å². The number of carbonyl (C=O) groups excluding carboxylic acids is 2. The van der Waals surface area contributed by atoms with Crippen molar-refractivity contribution in [1.82, 2.24) is 4.90 Å². The van der Waals surface area contributed by atoms with Crippen LogP contribution in [-0.2, 0) is 16.1 Å². The van der Waals surface area contributed by atoms with Gasteiger partial charge in [0.1, 0.15) is 5.76 Å². The van der Waals surface area contributed by atoms with Crippen LogP contribution in [0.25, 0.3) is 0 Å². The molecule has 0 saturated carbocycles. The zero-order valence-corrected chi connectivity index (χ0v) is 7.61. The lowest BCUT2D eigenvalue weighted by Crippen LogP contribution is -2.32. The average molecular weight is 181 g/mol. The van der Waals surface area contributed by atoms with Gasteiger partial charge < -0.3 is 4.42 Å². The highest BCUT2D eigenvalue weighted by Crippen LogP contribution is 2.05. The zero-order chi connectivity index (χ0) is 9.84. The molecule has 0 bridgehead atoms. The van der Waals surface area contributed by atoms with E-state index in [4.69, 9.17) is 4.42 Å². The lowest BCUT2D eigenvalue weighted by Gasteiger charge is -2.14. The van der Waals surface area contributed by atoms with Gasteiger partial charge in [-0.15, -0.1) is 0 Å². The van der Waals surface area contributed by atoms with E-state index in [1.807, 2.05) is 0 Å². The minimum atomic E-state index is -0.274. The van der Waals surface area contributed by atoms with Crippen LogP contribution >= 0.6 is 0 Å². The monoisotopic (exact) mass is 181 g/mol. The molecular formula is C9H11NO3. The van der Waals surface area contributed by atoms with Gasteiger partial charge in [-0.25, -0.2) is 0 Å². The van der Waals surface area contributed by atoms with Gasteiger partial charge in [0, 0.05) is 13.8 Å². The van der Waals surface area contributed by atoms with Crippen molar-refractivity contribution in [1.29, 1.82) is 0 Å². The molecule has 0 fully saturated rings. The van der Waals surface area contributed by atoms with Crippen LogP contribution in [0.1, 0.15) is 19.6 Å². The molecule has 1 heterocycles. The van der Waals surface area contributed by atoms with E-state index in [-0.39, 0.29) is 18.4 Å². The number of hydrogen-bond acceptors (Lipinski definition) is 3. The molecule has 4 heteroatoms. The maximum atomic E-state index is 11.0. The summed E-state index contributed by atoms with van der Waals surface area (Å²) in [7, 11) is 0. The molecule has 2 amide bonds. The Morgan fingerprint density at radius 3 is 2.38 bits per heavy atom. The molecule has 0 aliphatic heterocycles. The van der Waals surface area contributed by atoms with Crippen LogP contribution in [0.15, 0.2) is 22.8 Å². The van der Waals surface area contributed by atoms with Gasteiger partial charge in [0.2, 0.25) is 11.8 Å². The van der Waals surface area contributed by atoms with Gasteiger partial charge in [-0.05, 0) is 12.1 Å². The number of rotatable bonds is 2. The molecule has 70 valence electrons. The molecular weight excluding hydrogens is 170 g/mol. The fourth-order valence-electron chi connectivity index (χ4n) is 1.00. The molecule has 0 atom stereocenters. The molecule has 0 unspecified atom stereocenters. The lowest BCUT2D eigenvalue weighted by atomic mass is 10.4. The maximum Gasteiger partial charge on any atom is 0.226 e. The molecule has 0 aromatic carbocycles. The van der Waals surface area contributed by atoms with Gasteiger partial charge in [0.25, 0.3) is 0 Å². The van der Waals surface area contributed by atoms with E-state index in [1.165, 1.54) is 20.1 Å². The Hall–Kier alpha value is -1.58. The van der Waals surface area contributed by atoms with Crippen LogP contribution in [0.5, 0.6) is 0 Å². The van der Waals surface area contributed by atoms with Crippen molar-refractivity contribution in [2.75, 3.05) is 0 Å². The average Bonchev–Trinajstić information content (AvgIpc) is 2.50. The summed E-state index contributed by atoms with van der Waals surface area (Å²) in [6, 6.07) is 3.44. The summed E-state index contributed by atoms with van der Waals surface area (Å²) in [6.45, 7) is 2.91. The molecule has 0 saturated heterocycles. The Balaban J connectivity index is 2.69. The second-order valence-corrected chi connectivity index (χ2v) is 2.70. The van der Waals surface area contributed by atoms with Crippen LogP contribution in [0.4, 0.5) is 0 Å². The van der Waals surface area contributed by atoms with Crippen molar-refractivity contribution >= 4 is 11.8 Å². The van der Waals surface area contributed by atoms with Gasteiger partial charge in [-0.3, -0.25) is 14.5 Å². The molecule has 13 heavy (non-hydrogen) atoms. The van der Waals surface area contributed by atoms with Crippen LogP contribution in [0.3, 0.4) is 0 Å². The SMILES string of the molecule is CC(=O)N(Cc1ccco1)C(C)=O. The van der Waals surface area contributed by atoms with Crippen LogP contribution in [0.2, 0.25) is 0 Å². The fourth-order valence-corrected chi connectivity index (χ4v) is 1.00. The first kappa shape index (κ1) is 9.51. The number of furan rings is 1. The third-order valence-electron chi connectivity index (χ3n) is 1.65. The Morgan fingerprint density at radius 1 is 1.38 bits per heavy atom. The summed E-state index contributed by atoms with van der Waals surface area (Å²) < 4.78 is 5.02. The normalized spacial score (nSPS) is 9.69. The predicted octanol–water partition coefficient (Wildman–Crippen LogP) is 1.17. The minimum Gasteiger partial charge on any atom is -0.467 e. The van der Waals surface area contributed by atoms with Gasteiger partial charge in [0.15, 0.2) is 0 Å². The largest absolute Gasteiger partial charge is 0.467 e. The Bertz CT molecular complexity index is 289. The summed E-state index contributed by atoms with van der Waals surface area (Å²) >= 11 is 0. The highest BCUT2D eigenvalue weighted by molar-refractivity contribution is 5.92. The fraction of sp³-hybridized carbons (Fsp3) is 0.333. The van der Waals surface area contributed by atoms with Gasteiger partial charge in [0.05, 0.1) is 12.8 Å². The molecule has 1 aromatic heterocycles. The standard InChI is InChI=1S/C9H11NO3/c1-7(11)10(8(2)12)6-9-4-3-5-13-9/h3-5H,6H2,1-2H3. The van der Waals surface area contributed by atoms with Crippen molar-refractivity contribution < 1.29 is 14.0 Å². The highest BCUT2D eigenvalue weighted by Gasteiger charge is 2.14. The van der Waals surface area contributed by atoms with Crippen molar-refractivity contribution in [2.45, 2.75) is 20.4 Å². The van der Waals surface area contributed by atoms with E-state index >= 15 is 0 Å². The summed E-state index contributed by atoms with van der Waals surface area (Å²) in [6.07, 6.45) is 1.51.